The molecule has 3 rings (SSSR count). The Morgan fingerprint density at radius 2 is 1.88 bits per heavy atom. The molecule has 0 aliphatic carbocycles. The van der Waals surface area contributed by atoms with E-state index in [1.807, 2.05) is 60.7 Å². The van der Waals surface area contributed by atoms with Crippen molar-refractivity contribution in [1.29, 1.82) is 5.41 Å². The number of nitrogens with one attached hydrogen (secondary N) is 3. The Balaban J connectivity index is 1.50. The van der Waals surface area contributed by atoms with E-state index in [-0.39, 0.29) is 5.84 Å². The highest BCUT2D eigenvalue weighted by molar-refractivity contribution is 5.98. The molecular weight excluding hydrogens is 324 g/mol. The van der Waals surface area contributed by atoms with Crippen molar-refractivity contribution in [2.75, 3.05) is 25.0 Å². The van der Waals surface area contributed by atoms with Crippen LogP contribution in [0.4, 0.5) is 5.69 Å². The summed E-state index contributed by atoms with van der Waals surface area (Å²) in [5.74, 6) is 1.01. The van der Waals surface area contributed by atoms with E-state index in [4.69, 9.17) is 15.9 Å². The maximum absolute atomic E-state index is 7.62. The fraction of sp³-hybridized carbons (Fsp3) is 0.286. The van der Waals surface area contributed by atoms with Gasteiger partial charge in [0.2, 0.25) is 0 Å². The first-order valence-corrected chi connectivity index (χ1v) is 9.03. The van der Waals surface area contributed by atoms with E-state index in [0.717, 1.165) is 48.5 Å². The van der Waals surface area contributed by atoms with E-state index in [1.165, 1.54) is 0 Å². The molecule has 1 saturated heterocycles. The van der Waals surface area contributed by atoms with Crippen LogP contribution in [0.15, 0.2) is 54.6 Å². The minimum atomic E-state index is 0.0857. The fourth-order valence-electron chi connectivity index (χ4n) is 3.01. The van der Waals surface area contributed by atoms with Crippen LogP contribution in [0.5, 0.6) is 5.75 Å². The molecule has 0 saturated carbocycles. The van der Waals surface area contributed by atoms with Crippen molar-refractivity contribution in [3.8, 4) is 5.75 Å². The average Bonchev–Trinajstić information content (AvgIpc) is 2.67. The van der Waals surface area contributed by atoms with Gasteiger partial charge in [-0.1, -0.05) is 36.4 Å². The van der Waals surface area contributed by atoms with Gasteiger partial charge in [0.25, 0.3) is 0 Å². The topological polar surface area (TPSA) is 83.2 Å². The largest absolute Gasteiger partial charge is 0.490 e. The highest BCUT2D eigenvalue weighted by atomic mass is 16.5. The molecule has 0 atom stereocenters. The third kappa shape index (κ3) is 5.10. The quantitative estimate of drug-likeness (QED) is 0.456. The number of rotatable bonds is 7. The number of amidine groups is 1. The molecule has 1 aliphatic rings. The van der Waals surface area contributed by atoms with E-state index in [9.17, 15) is 0 Å². The standard InChI is InChI=1S/C21H26N4O/c22-21(23)20-6-2-1-4-16(20)5-3-13-25-17-7-9-18(10-8-17)26-19-11-14-24-15-12-19/h1-10,19,24-25H,11-15H2,(H3,22,23)/b5-3-. The second-order valence-corrected chi connectivity index (χ2v) is 6.38. The first-order chi connectivity index (χ1) is 12.7. The lowest BCUT2D eigenvalue weighted by molar-refractivity contribution is 0.162. The van der Waals surface area contributed by atoms with Crippen LogP contribution >= 0.6 is 0 Å². The Morgan fingerprint density at radius 3 is 2.62 bits per heavy atom. The Hall–Kier alpha value is -2.79. The summed E-state index contributed by atoms with van der Waals surface area (Å²) in [6.45, 7) is 2.76. The number of anilines is 1. The number of nitrogens with two attached hydrogens (primary N) is 1. The van der Waals surface area contributed by atoms with Crippen molar-refractivity contribution >= 4 is 17.6 Å². The number of benzene rings is 2. The average molecular weight is 350 g/mol. The van der Waals surface area contributed by atoms with Gasteiger partial charge in [-0.25, -0.2) is 0 Å². The molecule has 1 heterocycles. The molecule has 2 aromatic rings. The van der Waals surface area contributed by atoms with Gasteiger partial charge in [-0.15, -0.1) is 0 Å². The van der Waals surface area contributed by atoms with Crippen molar-refractivity contribution < 1.29 is 4.74 Å². The summed E-state index contributed by atoms with van der Waals surface area (Å²) in [6.07, 6.45) is 6.46. The van der Waals surface area contributed by atoms with Gasteiger partial charge in [0.1, 0.15) is 17.7 Å². The van der Waals surface area contributed by atoms with Crippen molar-refractivity contribution in [3.05, 3.63) is 65.7 Å². The minimum Gasteiger partial charge on any atom is -0.490 e. The molecule has 1 fully saturated rings. The van der Waals surface area contributed by atoms with Crippen LogP contribution in [-0.4, -0.2) is 31.6 Å². The zero-order chi connectivity index (χ0) is 18.2. The number of hydrogen-bond donors (Lipinski definition) is 4. The zero-order valence-electron chi connectivity index (χ0n) is 14.9. The van der Waals surface area contributed by atoms with Gasteiger partial charge < -0.3 is 21.1 Å². The summed E-state index contributed by atoms with van der Waals surface area (Å²) in [5, 5.41) is 14.3. The number of piperidine rings is 1. The lowest BCUT2D eigenvalue weighted by atomic mass is 10.1. The summed E-state index contributed by atoms with van der Waals surface area (Å²) in [7, 11) is 0. The summed E-state index contributed by atoms with van der Waals surface area (Å²) in [5.41, 5.74) is 8.36. The first kappa shape index (κ1) is 18.0. The first-order valence-electron chi connectivity index (χ1n) is 9.03. The van der Waals surface area contributed by atoms with Gasteiger partial charge in [-0.05, 0) is 55.8 Å². The van der Waals surface area contributed by atoms with Crippen LogP contribution in [0, 0.1) is 5.41 Å². The van der Waals surface area contributed by atoms with Crippen LogP contribution in [-0.2, 0) is 0 Å². The lowest BCUT2D eigenvalue weighted by Gasteiger charge is -2.23. The normalized spacial score (nSPS) is 15.1. The van der Waals surface area contributed by atoms with Crippen LogP contribution in [0.1, 0.15) is 24.0 Å². The lowest BCUT2D eigenvalue weighted by Crippen LogP contribution is -2.34. The number of hydrogen-bond acceptors (Lipinski definition) is 4. The summed E-state index contributed by atoms with van der Waals surface area (Å²) >= 11 is 0. The maximum Gasteiger partial charge on any atom is 0.123 e. The molecule has 0 spiro atoms. The molecule has 0 radical (unpaired) electrons. The molecule has 0 unspecified atom stereocenters. The van der Waals surface area contributed by atoms with E-state index in [2.05, 4.69) is 10.6 Å². The fourth-order valence-corrected chi connectivity index (χ4v) is 3.01. The zero-order valence-corrected chi connectivity index (χ0v) is 14.9. The van der Waals surface area contributed by atoms with Crippen LogP contribution in [0.2, 0.25) is 0 Å². The second kappa shape index (κ2) is 9.06. The van der Waals surface area contributed by atoms with Crippen LogP contribution in [0.25, 0.3) is 6.08 Å². The van der Waals surface area contributed by atoms with Crippen molar-refractivity contribution in [2.45, 2.75) is 18.9 Å². The second-order valence-electron chi connectivity index (χ2n) is 6.38. The predicted molar refractivity (Wildman–Crippen MR) is 108 cm³/mol. The molecule has 0 amide bonds. The minimum absolute atomic E-state index is 0.0857. The van der Waals surface area contributed by atoms with Gasteiger partial charge >= 0.3 is 0 Å². The molecule has 5 nitrogen and oxygen atoms in total. The summed E-state index contributed by atoms with van der Waals surface area (Å²) in [4.78, 5) is 0. The molecule has 0 aromatic heterocycles. The molecular formula is C21H26N4O. The molecule has 5 heteroatoms. The van der Waals surface area contributed by atoms with Gasteiger partial charge in [0.15, 0.2) is 0 Å². The van der Waals surface area contributed by atoms with E-state index >= 15 is 0 Å². The number of nitrogen functional groups attached to an aromatic ring is 1. The molecule has 1 aliphatic heterocycles. The SMILES string of the molecule is N=C(N)c1ccccc1/C=C\CNc1ccc(OC2CCNCC2)cc1. The summed E-state index contributed by atoms with van der Waals surface area (Å²) in [6, 6.07) is 15.7. The molecule has 136 valence electrons. The van der Waals surface area contributed by atoms with Gasteiger partial charge in [-0.2, -0.15) is 0 Å². The van der Waals surface area contributed by atoms with Crippen molar-refractivity contribution in [2.24, 2.45) is 5.73 Å². The summed E-state index contributed by atoms with van der Waals surface area (Å²) < 4.78 is 6.02. The highest BCUT2D eigenvalue weighted by Crippen LogP contribution is 2.19. The molecule has 0 bridgehead atoms. The molecule has 5 N–H and O–H groups in total. The number of ether oxygens (including phenoxy) is 1. The van der Waals surface area contributed by atoms with E-state index in [0.29, 0.717) is 12.6 Å². The Labute approximate surface area is 154 Å². The van der Waals surface area contributed by atoms with Gasteiger partial charge in [-0.3, -0.25) is 5.41 Å². The van der Waals surface area contributed by atoms with Crippen molar-refractivity contribution in [1.82, 2.24) is 5.32 Å². The smallest absolute Gasteiger partial charge is 0.123 e. The maximum atomic E-state index is 7.62. The Bertz CT molecular complexity index is 749. The van der Waals surface area contributed by atoms with E-state index in [1.54, 1.807) is 0 Å². The predicted octanol–water partition coefficient (Wildman–Crippen LogP) is 3.23. The Kier molecular flexibility index (Phi) is 6.28. The highest BCUT2D eigenvalue weighted by Gasteiger charge is 2.14. The molecule has 26 heavy (non-hydrogen) atoms. The monoisotopic (exact) mass is 350 g/mol. The van der Waals surface area contributed by atoms with E-state index < -0.39 is 0 Å². The van der Waals surface area contributed by atoms with Crippen molar-refractivity contribution in [3.63, 3.8) is 0 Å². The van der Waals surface area contributed by atoms with Crippen LogP contribution in [0.3, 0.4) is 0 Å². The third-order valence-corrected chi connectivity index (χ3v) is 4.42. The third-order valence-electron chi connectivity index (χ3n) is 4.42. The van der Waals surface area contributed by atoms with Crippen LogP contribution < -0.4 is 21.1 Å². The molecule has 2 aromatic carbocycles. The van der Waals surface area contributed by atoms with Gasteiger partial charge in [0.05, 0.1) is 0 Å². The van der Waals surface area contributed by atoms with Gasteiger partial charge in [0, 0.05) is 17.8 Å². The Morgan fingerprint density at radius 1 is 1.15 bits per heavy atom.